The van der Waals surface area contributed by atoms with Crippen LogP contribution in [0.3, 0.4) is 0 Å². The zero-order chi connectivity index (χ0) is 14.3. The van der Waals surface area contributed by atoms with Crippen LogP contribution in [-0.2, 0) is 0 Å². The molecule has 0 amide bonds. The van der Waals surface area contributed by atoms with E-state index in [1.165, 1.54) is 0 Å². The van der Waals surface area contributed by atoms with Gasteiger partial charge in [0, 0.05) is 24.3 Å². The summed E-state index contributed by atoms with van der Waals surface area (Å²) in [5.74, 6) is 3.59. The van der Waals surface area contributed by atoms with Gasteiger partial charge in [-0.15, -0.1) is 0 Å². The Morgan fingerprint density at radius 2 is 1.85 bits per heavy atom. The van der Waals surface area contributed by atoms with Crippen LogP contribution in [0.5, 0.6) is 0 Å². The normalized spacial score (nSPS) is 18.8. The van der Waals surface area contributed by atoms with E-state index in [-0.39, 0.29) is 0 Å². The second-order valence-corrected chi connectivity index (χ2v) is 5.42. The highest BCUT2D eigenvalue weighted by molar-refractivity contribution is 5.49. The summed E-state index contributed by atoms with van der Waals surface area (Å²) < 4.78 is 5.29. The van der Waals surface area contributed by atoms with Gasteiger partial charge < -0.3 is 9.42 Å². The van der Waals surface area contributed by atoms with Gasteiger partial charge in [0.1, 0.15) is 11.6 Å². The molecule has 6 nitrogen and oxygen atoms in total. The van der Waals surface area contributed by atoms with Crippen LogP contribution in [0.2, 0.25) is 0 Å². The summed E-state index contributed by atoms with van der Waals surface area (Å²) in [5.41, 5.74) is 2.20. The fourth-order valence-electron chi connectivity index (χ4n) is 2.69. The highest BCUT2D eigenvalue weighted by Crippen LogP contribution is 2.31. The predicted molar refractivity (Wildman–Crippen MR) is 74.8 cm³/mol. The maximum absolute atomic E-state index is 5.29. The molecule has 2 aromatic rings. The van der Waals surface area contributed by atoms with Crippen LogP contribution >= 0.6 is 0 Å². The Morgan fingerprint density at radius 1 is 1.05 bits per heavy atom. The van der Waals surface area contributed by atoms with Gasteiger partial charge in [0.2, 0.25) is 5.89 Å². The minimum absolute atomic E-state index is 0.297. The standard InChI is InChI=1S/C14H19N5O/c1-8-9(2)15-10(3)16-13(8)19-6-5-12(7-19)14-17-11(4)18-20-14/h12H,5-7H2,1-4H3/t12-/m0/s1. The topological polar surface area (TPSA) is 67.9 Å². The van der Waals surface area contributed by atoms with E-state index in [0.717, 1.165) is 48.3 Å². The molecule has 6 heteroatoms. The van der Waals surface area contributed by atoms with E-state index in [1.807, 2.05) is 20.8 Å². The van der Waals surface area contributed by atoms with Crippen molar-refractivity contribution in [3.63, 3.8) is 0 Å². The lowest BCUT2D eigenvalue weighted by atomic mass is 10.1. The van der Waals surface area contributed by atoms with E-state index < -0.39 is 0 Å². The molecule has 3 heterocycles. The van der Waals surface area contributed by atoms with Crippen molar-refractivity contribution in [2.45, 2.75) is 40.0 Å². The minimum atomic E-state index is 0.297. The molecule has 0 N–H and O–H groups in total. The summed E-state index contributed by atoms with van der Waals surface area (Å²) >= 11 is 0. The Hall–Kier alpha value is -1.98. The molecule has 106 valence electrons. The van der Waals surface area contributed by atoms with Crippen LogP contribution in [0, 0.1) is 27.7 Å². The lowest BCUT2D eigenvalue weighted by molar-refractivity contribution is 0.356. The Kier molecular flexibility index (Phi) is 3.16. The average molecular weight is 273 g/mol. The summed E-state index contributed by atoms with van der Waals surface area (Å²) in [6, 6.07) is 0. The highest BCUT2D eigenvalue weighted by atomic mass is 16.5. The van der Waals surface area contributed by atoms with E-state index in [9.17, 15) is 0 Å². The number of hydrogen-bond donors (Lipinski definition) is 0. The lowest BCUT2D eigenvalue weighted by Gasteiger charge is -2.20. The molecule has 1 atom stereocenters. The number of aryl methyl sites for hydroxylation is 3. The monoisotopic (exact) mass is 273 g/mol. The number of nitrogens with zero attached hydrogens (tertiary/aromatic N) is 5. The van der Waals surface area contributed by atoms with Crippen molar-refractivity contribution in [3.05, 3.63) is 28.8 Å². The van der Waals surface area contributed by atoms with Gasteiger partial charge in [-0.2, -0.15) is 4.98 Å². The number of aromatic nitrogens is 4. The van der Waals surface area contributed by atoms with E-state index in [1.54, 1.807) is 0 Å². The third-order valence-corrected chi connectivity index (χ3v) is 3.86. The van der Waals surface area contributed by atoms with Gasteiger partial charge in [-0.3, -0.25) is 0 Å². The Bertz CT molecular complexity index is 636. The summed E-state index contributed by atoms with van der Waals surface area (Å²) in [4.78, 5) is 15.6. The van der Waals surface area contributed by atoms with Crippen molar-refractivity contribution < 1.29 is 4.52 Å². The molecule has 1 aliphatic heterocycles. The zero-order valence-corrected chi connectivity index (χ0v) is 12.3. The van der Waals surface area contributed by atoms with Crippen molar-refractivity contribution in [3.8, 4) is 0 Å². The van der Waals surface area contributed by atoms with Crippen LogP contribution in [0.25, 0.3) is 0 Å². The molecule has 0 bridgehead atoms. The second-order valence-electron chi connectivity index (χ2n) is 5.42. The third kappa shape index (κ3) is 2.26. The molecule has 0 saturated carbocycles. The summed E-state index contributed by atoms with van der Waals surface area (Å²) in [6.45, 7) is 9.73. The number of hydrogen-bond acceptors (Lipinski definition) is 6. The molecule has 0 unspecified atom stereocenters. The SMILES string of the molecule is Cc1noc([C@H]2CCN(c3nc(C)nc(C)c3C)C2)n1. The van der Waals surface area contributed by atoms with Gasteiger partial charge in [-0.25, -0.2) is 9.97 Å². The van der Waals surface area contributed by atoms with Crippen molar-refractivity contribution in [2.75, 3.05) is 18.0 Å². The quantitative estimate of drug-likeness (QED) is 0.834. The molecule has 0 radical (unpaired) electrons. The van der Waals surface area contributed by atoms with Crippen LogP contribution in [0.4, 0.5) is 5.82 Å². The largest absolute Gasteiger partial charge is 0.355 e. The summed E-state index contributed by atoms with van der Waals surface area (Å²) in [7, 11) is 0. The highest BCUT2D eigenvalue weighted by Gasteiger charge is 2.30. The maximum atomic E-state index is 5.29. The first kappa shape index (κ1) is 13.0. The van der Waals surface area contributed by atoms with Gasteiger partial charge in [-0.1, -0.05) is 5.16 Å². The molecule has 1 fully saturated rings. The second kappa shape index (κ2) is 4.85. The predicted octanol–water partition coefficient (Wildman–Crippen LogP) is 2.09. The first-order valence-corrected chi connectivity index (χ1v) is 6.91. The molecule has 1 saturated heterocycles. The average Bonchev–Trinajstić information content (AvgIpc) is 3.02. The third-order valence-electron chi connectivity index (χ3n) is 3.86. The van der Waals surface area contributed by atoms with Gasteiger partial charge >= 0.3 is 0 Å². The van der Waals surface area contributed by atoms with Gasteiger partial charge in [0.15, 0.2) is 5.82 Å². The number of anilines is 1. The van der Waals surface area contributed by atoms with Crippen LogP contribution in [0.1, 0.15) is 41.1 Å². The number of rotatable bonds is 2. The van der Waals surface area contributed by atoms with E-state index in [4.69, 9.17) is 4.52 Å². The fraction of sp³-hybridized carbons (Fsp3) is 0.571. The van der Waals surface area contributed by atoms with Crippen molar-refractivity contribution in [1.29, 1.82) is 0 Å². The van der Waals surface area contributed by atoms with E-state index >= 15 is 0 Å². The molecular formula is C14H19N5O. The van der Waals surface area contributed by atoms with Crippen LogP contribution in [0.15, 0.2) is 4.52 Å². The maximum Gasteiger partial charge on any atom is 0.231 e. The van der Waals surface area contributed by atoms with E-state index in [0.29, 0.717) is 11.7 Å². The Labute approximate surface area is 118 Å². The molecule has 0 spiro atoms. The van der Waals surface area contributed by atoms with Gasteiger partial charge in [-0.05, 0) is 34.1 Å². The Morgan fingerprint density at radius 3 is 2.55 bits per heavy atom. The molecule has 0 aromatic carbocycles. The molecule has 0 aliphatic carbocycles. The molecular weight excluding hydrogens is 254 g/mol. The molecule has 3 rings (SSSR count). The minimum Gasteiger partial charge on any atom is -0.355 e. The van der Waals surface area contributed by atoms with Gasteiger partial charge in [0.25, 0.3) is 0 Å². The first-order valence-electron chi connectivity index (χ1n) is 6.91. The van der Waals surface area contributed by atoms with Gasteiger partial charge in [0.05, 0.1) is 5.92 Å². The van der Waals surface area contributed by atoms with Crippen LogP contribution < -0.4 is 4.90 Å². The first-order chi connectivity index (χ1) is 9.54. The van der Waals surface area contributed by atoms with Crippen LogP contribution in [-0.4, -0.2) is 33.2 Å². The van der Waals surface area contributed by atoms with Crippen molar-refractivity contribution in [1.82, 2.24) is 20.1 Å². The summed E-state index contributed by atoms with van der Waals surface area (Å²) in [5, 5.41) is 3.87. The Balaban J connectivity index is 1.84. The molecule has 20 heavy (non-hydrogen) atoms. The molecule has 2 aromatic heterocycles. The van der Waals surface area contributed by atoms with Crippen molar-refractivity contribution >= 4 is 5.82 Å². The smallest absolute Gasteiger partial charge is 0.231 e. The lowest BCUT2D eigenvalue weighted by Crippen LogP contribution is -2.22. The zero-order valence-electron chi connectivity index (χ0n) is 12.3. The molecule has 1 aliphatic rings. The summed E-state index contributed by atoms with van der Waals surface area (Å²) in [6.07, 6.45) is 1.02. The van der Waals surface area contributed by atoms with Crippen molar-refractivity contribution in [2.24, 2.45) is 0 Å². The fourth-order valence-corrected chi connectivity index (χ4v) is 2.69. The van der Waals surface area contributed by atoms with E-state index in [2.05, 4.69) is 31.9 Å².